The molecular weight excluding hydrogens is 318 g/mol. The van der Waals surface area contributed by atoms with Crippen LogP contribution in [0.2, 0.25) is 0 Å². The molecule has 2 aromatic rings. The van der Waals surface area contributed by atoms with Gasteiger partial charge < -0.3 is 14.7 Å². The summed E-state index contributed by atoms with van der Waals surface area (Å²) >= 11 is 1.31. The van der Waals surface area contributed by atoms with Gasteiger partial charge in [-0.1, -0.05) is 11.8 Å². The lowest BCUT2D eigenvalue weighted by Gasteiger charge is -2.28. The molecule has 1 amide bonds. The number of phenols is 1. The Morgan fingerprint density at radius 3 is 2.70 bits per heavy atom. The molecule has 122 valence electrons. The average Bonchev–Trinajstić information content (AvgIpc) is 3.03. The first-order chi connectivity index (χ1) is 11.1. The highest BCUT2D eigenvalue weighted by Gasteiger charge is 2.25. The fourth-order valence-corrected chi connectivity index (χ4v) is 3.15. The molecule has 1 aliphatic rings. The first-order valence-electron chi connectivity index (χ1n) is 7.26. The summed E-state index contributed by atoms with van der Waals surface area (Å²) in [6.07, 6.45) is 0. The number of hydrogen-bond donors (Lipinski definition) is 1. The second-order valence-electron chi connectivity index (χ2n) is 5.09. The molecule has 1 N–H and O–H groups in total. The van der Waals surface area contributed by atoms with Crippen molar-refractivity contribution in [2.24, 2.45) is 0 Å². The summed E-state index contributed by atoms with van der Waals surface area (Å²) in [4.78, 5) is 14.3. The van der Waals surface area contributed by atoms with Gasteiger partial charge in [-0.3, -0.25) is 4.79 Å². The van der Waals surface area contributed by atoms with Gasteiger partial charge in [0.25, 0.3) is 0 Å². The number of benzene rings is 1. The zero-order chi connectivity index (χ0) is 16.2. The minimum Gasteiger partial charge on any atom is -0.508 e. The lowest BCUT2D eigenvalue weighted by molar-refractivity contribution is -0.134. The summed E-state index contributed by atoms with van der Waals surface area (Å²) in [5, 5.41) is 21.2. The summed E-state index contributed by atoms with van der Waals surface area (Å²) in [6.45, 7) is 4.24. The van der Waals surface area contributed by atoms with Crippen molar-refractivity contribution in [1.82, 2.24) is 25.1 Å². The van der Waals surface area contributed by atoms with E-state index >= 15 is 0 Å². The molecule has 0 aliphatic carbocycles. The van der Waals surface area contributed by atoms with Gasteiger partial charge in [-0.15, -0.1) is 5.10 Å². The monoisotopic (exact) mass is 335 g/mol. The van der Waals surface area contributed by atoms with Crippen molar-refractivity contribution in [3.8, 4) is 11.4 Å². The third-order valence-corrected chi connectivity index (χ3v) is 4.51. The number of aromatic hydroxyl groups is 1. The van der Waals surface area contributed by atoms with Crippen LogP contribution >= 0.6 is 11.8 Å². The molecule has 0 saturated carbocycles. The first-order valence-corrected chi connectivity index (χ1v) is 8.14. The van der Waals surface area contributed by atoms with Crippen LogP contribution in [0, 0.1) is 0 Å². The Balaban J connectivity index is 1.71. The third-order valence-electron chi connectivity index (χ3n) is 3.49. The van der Waals surface area contributed by atoms with E-state index in [0.717, 1.165) is 5.69 Å². The van der Waals surface area contributed by atoms with Crippen LogP contribution in [0.4, 0.5) is 0 Å². The van der Waals surface area contributed by atoms with Gasteiger partial charge >= 0.3 is 0 Å². The molecule has 0 radical (unpaired) electrons. The molecule has 23 heavy (non-hydrogen) atoms. The summed E-state index contributed by atoms with van der Waals surface area (Å²) in [7, 11) is 0. The Bertz CT molecular complexity index is 669. The van der Waals surface area contributed by atoms with E-state index in [1.807, 2.05) is 6.92 Å². The molecule has 1 aromatic carbocycles. The van der Waals surface area contributed by atoms with Gasteiger partial charge in [0.05, 0.1) is 24.2 Å². The number of phenolic OH excluding ortho intramolecular Hbond substituents is 1. The van der Waals surface area contributed by atoms with Crippen LogP contribution in [-0.2, 0) is 9.53 Å². The Morgan fingerprint density at radius 2 is 2.00 bits per heavy atom. The Labute approximate surface area is 137 Å². The normalized spacial score (nSPS) is 16.3. The van der Waals surface area contributed by atoms with E-state index in [-0.39, 0.29) is 16.9 Å². The maximum atomic E-state index is 12.5. The maximum Gasteiger partial charge on any atom is 0.236 e. The Kier molecular flexibility index (Phi) is 4.77. The first kappa shape index (κ1) is 15.8. The number of ether oxygens (including phenoxy) is 1. The van der Waals surface area contributed by atoms with Crippen LogP contribution in [0.25, 0.3) is 5.69 Å². The topological polar surface area (TPSA) is 93.4 Å². The molecule has 1 saturated heterocycles. The van der Waals surface area contributed by atoms with Crippen LogP contribution in [0.15, 0.2) is 29.4 Å². The molecule has 1 aliphatic heterocycles. The summed E-state index contributed by atoms with van der Waals surface area (Å²) < 4.78 is 6.81. The lowest BCUT2D eigenvalue weighted by atomic mass is 10.3. The summed E-state index contributed by atoms with van der Waals surface area (Å²) in [5.41, 5.74) is 0.723. The number of morpholine rings is 1. The smallest absolute Gasteiger partial charge is 0.236 e. The summed E-state index contributed by atoms with van der Waals surface area (Å²) in [5.74, 6) is 0.227. The van der Waals surface area contributed by atoms with Gasteiger partial charge in [-0.2, -0.15) is 4.68 Å². The number of aromatic nitrogens is 4. The molecular formula is C14H17N5O3S. The number of hydrogen-bond acceptors (Lipinski definition) is 7. The molecule has 0 bridgehead atoms. The highest BCUT2D eigenvalue weighted by atomic mass is 32.2. The largest absolute Gasteiger partial charge is 0.508 e. The van der Waals surface area contributed by atoms with Gasteiger partial charge in [-0.25, -0.2) is 0 Å². The molecule has 2 heterocycles. The second-order valence-corrected chi connectivity index (χ2v) is 6.40. The molecule has 1 fully saturated rings. The number of tetrazole rings is 1. The van der Waals surface area contributed by atoms with Crippen LogP contribution in [0.1, 0.15) is 6.92 Å². The zero-order valence-corrected chi connectivity index (χ0v) is 13.4. The van der Waals surface area contributed by atoms with Crippen molar-refractivity contribution in [3.05, 3.63) is 24.3 Å². The van der Waals surface area contributed by atoms with Crippen LogP contribution < -0.4 is 0 Å². The van der Waals surface area contributed by atoms with Crippen LogP contribution in [-0.4, -0.2) is 67.7 Å². The fraction of sp³-hybridized carbons (Fsp3) is 0.429. The molecule has 1 unspecified atom stereocenters. The number of nitrogens with zero attached hydrogens (tertiary/aromatic N) is 5. The minimum atomic E-state index is -0.296. The SMILES string of the molecule is CC(Sc1nnnn1-c1ccc(O)cc1)C(=O)N1CCOCC1. The van der Waals surface area contributed by atoms with E-state index in [2.05, 4.69) is 15.5 Å². The van der Waals surface area contributed by atoms with E-state index in [0.29, 0.717) is 31.5 Å². The molecule has 0 spiro atoms. The molecule has 3 rings (SSSR count). The van der Waals surface area contributed by atoms with E-state index in [9.17, 15) is 9.90 Å². The van der Waals surface area contributed by atoms with E-state index in [1.165, 1.54) is 11.8 Å². The number of carbonyl (C=O) groups is 1. The maximum absolute atomic E-state index is 12.5. The van der Waals surface area contributed by atoms with Crippen LogP contribution in [0.5, 0.6) is 5.75 Å². The number of rotatable bonds is 4. The molecule has 1 aromatic heterocycles. The summed E-state index contributed by atoms with van der Waals surface area (Å²) in [6, 6.07) is 6.55. The van der Waals surface area contributed by atoms with Gasteiger partial charge in [-0.05, 0) is 41.6 Å². The number of thioether (sulfide) groups is 1. The van der Waals surface area contributed by atoms with Gasteiger partial charge in [0.2, 0.25) is 11.1 Å². The predicted molar refractivity (Wildman–Crippen MR) is 83.5 cm³/mol. The highest BCUT2D eigenvalue weighted by molar-refractivity contribution is 8.00. The molecule has 8 nitrogen and oxygen atoms in total. The van der Waals surface area contributed by atoms with Crippen molar-refractivity contribution in [3.63, 3.8) is 0 Å². The number of amides is 1. The minimum absolute atomic E-state index is 0.0542. The fourth-order valence-electron chi connectivity index (χ4n) is 2.26. The van der Waals surface area contributed by atoms with Crippen molar-refractivity contribution in [2.45, 2.75) is 17.3 Å². The van der Waals surface area contributed by atoms with Crippen molar-refractivity contribution in [2.75, 3.05) is 26.3 Å². The third kappa shape index (κ3) is 3.62. The van der Waals surface area contributed by atoms with E-state index in [1.54, 1.807) is 33.8 Å². The van der Waals surface area contributed by atoms with Crippen molar-refractivity contribution in [1.29, 1.82) is 0 Å². The van der Waals surface area contributed by atoms with Gasteiger partial charge in [0.15, 0.2) is 0 Å². The van der Waals surface area contributed by atoms with Crippen molar-refractivity contribution >= 4 is 17.7 Å². The lowest BCUT2D eigenvalue weighted by Crippen LogP contribution is -2.44. The highest BCUT2D eigenvalue weighted by Crippen LogP contribution is 2.25. The van der Waals surface area contributed by atoms with Crippen molar-refractivity contribution < 1.29 is 14.6 Å². The predicted octanol–water partition coefficient (Wildman–Crippen LogP) is 0.707. The standard InChI is InChI=1S/C14H17N5O3S/c1-10(13(21)18-6-8-22-9-7-18)23-14-15-16-17-19(14)11-2-4-12(20)5-3-11/h2-5,10,20H,6-9H2,1H3. The van der Waals surface area contributed by atoms with E-state index in [4.69, 9.17) is 4.74 Å². The number of carbonyl (C=O) groups excluding carboxylic acids is 1. The molecule has 1 atom stereocenters. The Hall–Kier alpha value is -2.13. The quantitative estimate of drug-likeness (QED) is 0.822. The van der Waals surface area contributed by atoms with Crippen LogP contribution in [0.3, 0.4) is 0 Å². The Morgan fingerprint density at radius 1 is 1.30 bits per heavy atom. The van der Waals surface area contributed by atoms with E-state index < -0.39 is 0 Å². The van der Waals surface area contributed by atoms with Gasteiger partial charge in [0, 0.05) is 13.1 Å². The zero-order valence-electron chi connectivity index (χ0n) is 12.6. The second kappa shape index (κ2) is 6.97. The van der Waals surface area contributed by atoms with Gasteiger partial charge in [0.1, 0.15) is 5.75 Å². The molecule has 9 heteroatoms. The average molecular weight is 335 g/mol.